The number of benzene rings is 3. The lowest BCUT2D eigenvalue weighted by atomic mass is 10.1. The van der Waals surface area contributed by atoms with Crippen LogP contribution in [0.1, 0.15) is 23.6 Å². The number of hydrogen-bond donors (Lipinski definition) is 0. The minimum absolute atomic E-state index is 0.161. The Labute approximate surface area is 199 Å². The summed E-state index contributed by atoms with van der Waals surface area (Å²) >= 11 is 5.55. The van der Waals surface area contributed by atoms with E-state index in [4.69, 9.17) is 21.7 Å². The summed E-state index contributed by atoms with van der Waals surface area (Å²) in [5, 5.41) is 0.438. The van der Waals surface area contributed by atoms with E-state index in [2.05, 4.69) is 31.2 Å². The maximum Gasteiger partial charge on any atom is 0.281 e. The number of rotatable bonds is 7. The van der Waals surface area contributed by atoms with Crippen LogP contribution >= 0.6 is 12.2 Å². The van der Waals surface area contributed by atoms with Crippen LogP contribution in [0.25, 0.3) is 6.08 Å². The summed E-state index contributed by atoms with van der Waals surface area (Å²) in [6.45, 7) is 5.09. The molecule has 0 radical (unpaired) electrons. The summed E-state index contributed by atoms with van der Waals surface area (Å²) in [5.74, 6) is 1.37. The standard InChI is InChI=1S/C27H26N2O3S/c1-4-31-23-15-11-22(12-16-23)29-26(30)25(28(3)27(29)33)17-20-9-13-24(14-10-20)32-18-21-7-5-19(2)6-8-21/h5-17H,4,18H2,1-3H3/b25-17-. The molecule has 0 aliphatic carbocycles. The van der Waals surface area contributed by atoms with Gasteiger partial charge in [-0.25, -0.2) is 0 Å². The van der Waals surface area contributed by atoms with Crippen molar-refractivity contribution >= 4 is 35.0 Å². The summed E-state index contributed by atoms with van der Waals surface area (Å²) < 4.78 is 11.4. The third kappa shape index (κ3) is 5.07. The maximum absolute atomic E-state index is 13.2. The number of hydrogen-bond acceptors (Lipinski definition) is 4. The van der Waals surface area contributed by atoms with E-state index in [0.717, 1.165) is 22.6 Å². The van der Waals surface area contributed by atoms with Gasteiger partial charge in [0.1, 0.15) is 23.8 Å². The monoisotopic (exact) mass is 458 g/mol. The first kappa shape index (κ1) is 22.6. The zero-order valence-corrected chi connectivity index (χ0v) is 19.8. The highest BCUT2D eigenvalue weighted by molar-refractivity contribution is 7.80. The average molecular weight is 459 g/mol. The third-order valence-electron chi connectivity index (χ3n) is 5.38. The fourth-order valence-corrected chi connectivity index (χ4v) is 3.80. The molecule has 33 heavy (non-hydrogen) atoms. The van der Waals surface area contributed by atoms with Crippen molar-refractivity contribution in [3.8, 4) is 11.5 Å². The molecule has 1 amide bonds. The Morgan fingerprint density at radius 1 is 0.879 bits per heavy atom. The lowest BCUT2D eigenvalue weighted by Gasteiger charge is -2.16. The van der Waals surface area contributed by atoms with Crippen molar-refractivity contribution in [3.05, 3.63) is 95.2 Å². The van der Waals surface area contributed by atoms with E-state index in [-0.39, 0.29) is 5.91 Å². The highest BCUT2D eigenvalue weighted by atomic mass is 32.1. The van der Waals surface area contributed by atoms with Gasteiger partial charge in [-0.2, -0.15) is 0 Å². The first-order chi connectivity index (χ1) is 16.0. The van der Waals surface area contributed by atoms with Gasteiger partial charge in [0.15, 0.2) is 5.11 Å². The van der Waals surface area contributed by atoms with Crippen LogP contribution in [0.2, 0.25) is 0 Å². The molecule has 0 saturated carbocycles. The second-order valence-electron chi connectivity index (χ2n) is 7.78. The minimum Gasteiger partial charge on any atom is -0.494 e. The molecule has 4 rings (SSSR count). The summed E-state index contributed by atoms with van der Waals surface area (Å²) in [6.07, 6.45) is 1.84. The number of likely N-dealkylation sites (N-methyl/N-ethyl adjacent to an activating group) is 1. The normalized spacial score (nSPS) is 14.8. The predicted molar refractivity (Wildman–Crippen MR) is 135 cm³/mol. The van der Waals surface area contributed by atoms with Crippen molar-refractivity contribution in [1.82, 2.24) is 4.90 Å². The molecular formula is C27H26N2O3S. The van der Waals surface area contributed by atoms with Crippen LogP contribution in [-0.2, 0) is 11.4 Å². The topological polar surface area (TPSA) is 42.0 Å². The number of aryl methyl sites for hydroxylation is 1. The van der Waals surface area contributed by atoms with Gasteiger partial charge in [-0.15, -0.1) is 0 Å². The first-order valence-electron chi connectivity index (χ1n) is 10.8. The summed E-state index contributed by atoms with van der Waals surface area (Å²) in [5.41, 5.74) is 4.46. The predicted octanol–water partition coefficient (Wildman–Crippen LogP) is 5.58. The molecule has 6 heteroatoms. The van der Waals surface area contributed by atoms with Crippen molar-refractivity contribution in [1.29, 1.82) is 0 Å². The number of thiocarbonyl (C=S) groups is 1. The van der Waals surface area contributed by atoms with Gasteiger partial charge >= 0.3 is 0 Å². The van der Waals surface area contributed by atoms with E-state index in [9.17, 15) is 4.79 Å². The number of anilines is 1. The summed E-state index contributed by atoms with van der Waals surface area (Å²) in [4.78, 5) is 16.4. The first-order valence-corrected chi connectivity index (χ1v) is 11.2. The number of carbonyl (C=O) groups is 1. The molecule has 0 aromatic heterocycles. The van der Waals surface area contributed by atoms with E-state index in [1.54, 1.807) is 11.9 Å². The van der Waals surface area contributed by atoms with Crippen molar-refractivity contribution in [2.24, 2.45) is 0 Å². The molecule has 1 heterocycles. The quantitative estimate of drug-likeness (QED) is 0.342. The van der Waals surface area contributed by atoms with E-state index in [0.29, 0.717) is 29.7 Å². The molecule has 1 saturated heterocycles. The Morgan fingerprint density at radius 2 is 1.48 bits per heavy atom. The van der Waals surface area contributed by atoms with E-state index < -0.39 is 0 Å². The van der Waals surface area contributed by atoms with Crippen LogP contribution in [0.3, 0.4) is 0 Å². The van der Waals surface area contributed by atoms with Crippen molar-refractivity contribution in [3.63, 3.8) is 0 Å². The Balaban J connectivity index is 1.47. The Kier molecular flexibility index (Phi) is 6.75. The minimum atomic E-state index is -0.161. The zero-order chi connectivity index (χ0) is 23.4. The van der Waals surface area contributed by atoms with E-state index in [1.165, 1.54) is 10.5 Å². The number of ether oxygens (including phenoxy) is 2. The molecular weight excluding hydrogens is 432 g/mol. The lowest BCUT2D eigenvalue weighted by Crippen LogP contribution is -2.31. The Bertz CT molecular complexity index is 1170. The highest BCUT2D eigenvalue weighted by Gasteiger charge is 2.36. The number of nitrogens with zero attached hydrogens (tertiary/aromatic N) is 2. The zero-order valence-electron chi connectivity index (χ0n) is 18.9. The Hall–Kier alpha value is -3.64. The fraction of sp³-hybridized carbons (Fsp3) is 0.185. The van der Waals surface area contributed by atoms with Crippen LogP contribution in [0.5, 0.6) is 11.5 Å². The summed E-state index contributed by atoms with van der Waals surface area (Å²) in [6, 6.07) is 23.3. The molecule has 0 atom stereocenters. The van der Waals surface area contributed by atoms with Crippen LogP contribution in [0.15, 0.2) is 78.5 Å². The second-order valence-corrected chi connectivity index (χ2v) is 8.15. The fourth-order valence-electron chi connectivity index (χ4n) is 3.51. The van der Waals surface area contributed by atoms with Gasteiger partial charge in [-0.05, 0) is 79.7 Å². The van der Waals surface area contributed by atoms with Gasteiger partial charge in [-0.3, -0.25) is 9.69 Å². The molecule has 0 N–H and O–H groups in total. The highest BCUT2D eigenvalue weighted by Crippen LogP contribution is 2.29. The van der Waals surface area contributed by atoms with Crippen molar-refractivity contribution in [2.75, 3.05) is 18.6 Å². The number of amides is 1. The molecule has 3 aromatic carbocycles. The molecule has 1 fully saturated rings. The second kappa shape index (κ2) is 9.88. The molecule has 0 unspecified atom stereocenters. The number of carbonyl (C=O) groups excluding carboxylic acids is 1. The molecule has 1 aliphatic heterocycles. The van der Waals surface area contributed by atoms with Gasteiger partial charge in [0, 0.05) is 7.05 Å². The molecule has 0 bridgehead atoms. The molecule has 5 nitrogen and oxygen atoms in total. The Morgan fingerprint density at radius 3 is 2.12 bits per heavy atom. The van der Waals surface area contributed by atoms with Crippen molar-refractivity contribution in [2.45, 2.75) is 20.5 Å². The van der Waals surface area contributed by atoms with E-state index >= 15 is 0 Å². The van der Waals surface area contributed by atoms with Crippen molar-refractivity contribution < 1.29 is 14.3 Å². The maximum atomic E-state index is 13.2. The van der Waals surface area contributed by atoms with Crippen LogP contribution < -0.4 is 14.4 Å². The van der Waals surface area contributed by atoms with Gasteiger partial charge in [0.25, 0.3) is 5.91 Å². The molecule has 0 spiro atoms. The van der Waals surface area contributed by atoms with Crippen LogP contribution in [-0.4, -0.2) is 29.6 Å². The molecule has 1 aliphatic rings. The van der Waals surface area contributed by atoms with Gasteiger partial charge in [0.2, 0.25) is 0 Å². The van der Waals surface area contributed by atoms with Gasteiger partial charge in [0.05, 0.1) is 12.3 Å². The summed E-state index contributed by atoms with van der Waals surface area (Å²) in [7, 11) is 1.81. The van der Waals surface area contributed by atoms with Gasteiger partial charge in [-0.1, -0.05) is 42.0 Å². The molecule has 3 aromatic rings. The average Bonchev–Trinajstić information content (AvgIpc) is 3.03. The molecule has 168 valence electrons. The lowest BCUT2D eigenvalue weighted by molar-refractivity contribution is -0.114. The largest absolute Gasteiger partial charge is 0.494 e. The smallest absolute Gasteiger partial charge is 0.281 e. The van der Waals surface area contributed by atoms with Gasteiger partial charge < -0.3 is 14.4 Å². The third-order valence-corrected chi connectivity index (χ3v) is 5.83. The van der Waals surface area contributed by atoms with E-state index in [1.807, 2.05) is 61.5 Å². The van der Waals surface area contributed by atoms with Crippen LogP contribution in [0, 0.1) is 6.92 Å². The van der Waals surface area contributed by atoms with Crippen LogP contribution in [0.4, 0.5) is 5.69 Å². The SMILES string of the molecule is CCOc1ccc(N2C(=O)/C(=C/c3ccc(OCc4ccc(C)cc4)cc3)N(C)C2=S)cc1.